The highest BCUT2D eigenvalue weighted by Crippen LogP contribution is 2.23. The van der Waals surface area contributed by atoms with E-state index in [4.69, 9.17) is 4.74 Å². The number of rotatable bonds is 1. The third kappa shape index (κ3) is 2.34. The molecule has 3 rings (SSSR count). The van der Waals surface area contributed by atoms with E-state index in [1.807, 2.05) is 24.3 Å². The van der Waals surface area contributed by atoms with Crippen LogP contribution in [0.15, 0.2) is 42.7 Å². The maximum Gasteiger partial charge on any atom is 0.257 e. The summed E-state index contributed by atoms with van der Waals surface area (Å²) < 4.78 is 19.2. The zero-order valence-electron chi connectivity index (χ0n) is 10.8. The first-order valence-electron chi connectivity index (χ1n) is 6.35. The molecule has 20 heavy (non-hydrogen) atoms. The molecule has 2 heterocycles. The maximum absolute atomic E-state index is 13.7. The Kier molecular flexibility index (Phi) is 3.33. The van der Waals surface area contributed by atoms with E-state index in [9.17, 15) is 9.18 Å². The minimum atomic E-state index is -0.601. The van der Waals surface area contributed by atoms with Crippen LogP contribution in [0, 0.1) is 5.82 Å². The lowest BCUT2D eigenvalue weighted by atomic mass is 10.1. The van der Waals surface area contributed by atoms with Gasteiger partial charge in [0.1, 0.15) is 12.4 Å². The summed E-state index contributed by atoms with van der Waals surface area (Å²) in [5.74, 6) is -0.167. The summed E-state index contributed by atoms with van der Waals surface area (Å²) in [5, 5.41) is 0. The Morgan fingerprint density at radius 3 is 3.00 bits per heavy atom. The first kappa shape index (κ1) is 12.6. The summed E-state index contributed by atoms with van der Waals surface area (Å²) >= 11 is 0. The van der Waals surface area contributed by atoms with Crippen molar-refractivity contribution < 1.29 is 13.9 Å². The number of carbonyl (C=O) groups excluding carboxylic acids is 1. The number of amides is 1. The molecule has 2 aromatic rings. The Labute approximate surface area is 115 Å². The lowest BCUT2D eigenvalue weighted by Gasteiger charge is -2.20. The third-order valence-corrected chi connectivity index (χ3v) is 3.24. The van der Waals surface area contributed by atoms with Gasteiger partial charge in [0.25, 0.3) is 5.91 Å². The lowest BCUT2D eigenvalue weighted by Crippen LogP contribution is -2.33. The van der Waals surface area contributed by atoms with Crippen molar-refractivity contribution in [1.29, 1.82) is 0 Å². The lowest BCUT2D eigenvalue weighted by molar-refractivity contribution is 0.0728. The average molecular weight is 272 g/mol. The van der Waals surface area contributed by atoms with Gasteiger partial charge in [-0.25, -0.2) is 4.39 Å². The highest BCUT2D eigenvalue weighted by molar-refractivity contribution is 5.94. The Hall–Kier alpha value is -2.43. The van der Waals surface area contributed by atoms with Gasteiger partial charge in [0.2, 0.25) is 0 Å². The van der Waals surface area contributed by atoms with Crippen molar-refractivity contribution >= 4 is 5.91 Å². The van der Waals surface area contributed by atoms with Crippen molar-refractivity contribution in [2.75, 3.05) is 13.2 Å². The molecule has 4 nitrogen and oxygen atoms in total. The number of hydrogen-bond donors (Lipinski definition) is 0. The molecule has 1 amide bonds. The van der Waals surface area contributed by atoms with Gasteiger partial charge in [0.05, 0.1) is 18.3 Å². The summed E-state index contributed by atoms with van der Waals surface area (Å²) in [6.07, 6.45) is 2.47. The highest BCUT2D eigenvalue weighted by atomic mass is 19.1. The molecule has 5 heteroatoms. The van der Waals surface area contributed by atoms with Crippen LogP contribution >= 0.6 is 0 Å². The van der Waals surface area contributed by atoms with E-state index in [0.29, 0.717) is 19.7 Å². The molecule has 0 unspecified atom stereocenters. The predicted molar refractivity (Wildman–Crippen MR) is 70.9 cm³/mol. The van der Waals surface area contributed by atoms with Crippen LogP contribution in [-0.2, 0) is 6.54 Å². The zero-order chi connectivity index (χ0) is 13.9. The Bertz CT molecular complexity index is 645. The number of hydrogen-bond acceptors (Lipinski definition) is 3. The van der Waals surface area contributed by atoms with E-state index >= 15 is 0 Å². The normalized spacial score (nSPS) is 14.2. The van der Waals surface area contributed by atoms with Gasteiger partial charge in [0, 0.05) is 18.3 Å². The number of para-hydroxylation sites is 1. The van der Waals surface area contributed by atoms with E-state index in [1.54, 1.807) is 4.90 Å². The van der Waals surface area contributed by atoms with Gasteiger partial charge in [-0.1, -0.05) is 18.2 Å². The molecule has 0 radical (unpaired) electrons. The quantitative estimate of drug-likeness (QED) is 0.799. The predicted octanol–water partition coefficient (Wildman–Crippen LogP) is 2.26. The van der Waals surface area contributed by atoms with E-state index in [1.165, 1.54) is 12.3 Å². The molecule has 102 valence electrons. The Morgan fingerprint density at radius 2 is 2.15 bits per heavy atom. The molecule has 1 aromatic heterocycles. The van der Waals surface area contributed by atoms with Crippen LogP contribution in [0.2, 0.25) is 0 Å². The smallest absolute Gasteiger partial charge is 0.257 e. The number of fused-ring (bicyclic) bond motifs is 1. The first-order chi connectivity index (χ1) is 9.75. The highest BCUT2D eigenvalue weighted by Gasteiger charge is 2.22. The molecule has 0 N–H and O–H groups in total. The number of carbonyl (C=O) groups is 1. The average Bonchev–Trinajstić information content (AvgIpc) is 2.69. The number of benzene rings is 1. The van der Waals surface area contributed by atoms with Gasteiger partial charge in [-0.15, -0.1) is 0 Å². The van der Waals surface area contributed by atoms with Crippen molar-refractivity contribution in [3.8, 4) is 5.75 Å². The number of halogens is 1. The van der Waals surface area contributed by atoms with Crippen molar-refractivity contribution in [1.82, 2.24) is 9.88 Å². The Balaban J connectivity index is 1.88. The second-order valence-corrected chi connectivity index (χ2v) is 4.54. The van der Waals surface area contributed by atoms with Crippen molar-refractivity contribution in [3.63, 3.8) is 0 Å². The second kappa shape index (κ2) is 5.28. The van der Waals surface area contributed by atoms with Gasteiger partial charge in [-0.3, -0.25) is 9.78 Å². The molecule has 1 aromatic carbocycles. The van der Waals surface area contributed by atoms with Gasteiger partial charge >= 0.3 is 0 Å². The first-order valence-corrected chi connectivity index (χ1v) is 6.35. The number of aromatic nitrogens is 1. The van der Waals surface area contributed by atoms with E-state index < -0.39 is 5.82 Å². The number of nitrogens with zero attached hydrogens (tertiary/aromatic N) is 2. The summed E-state index contributed by atoms with van der Waals surface area (Å²) in [7, 11) is 0. The fourth-order valence-electron chi connectivity index (χ4n) is 2.22. The third-order valence-electron chi connectivity index (χ3n) is 3.24. The molecule has 0 aliphatic carbocycles. The molecule has 0 spiro atoms. The van der Waals surface area contributed by atoms with Gasteiger partial charge in [-0.2, -0.15) is 0 Å². The standard InChI is InChI=1S/C15H13FN2O2/c16-13-9-17-6-5-12(13)15(19)18-7-8-20-14-4-2-1-3-11(14)10-18/h1-6,9H,7-8,10H2. The van der Waals surface area contributed by atoms with Crippen LogP contribution in [0.1, 0.15) is 15.9 Å². The minimum absolute atomic E-state index is 0.0411. The fraction of sp³-hybridized carbons (Fsp3) is 0.200. The van der Waals surface area contributed by atoms with Crippen molar-refractivity contribution in [2.24, 2.45) is 0 Å². The molecule has 0 saturated carbocycles. The zero-order valence-corrected chi connectivity index (χ0v) is 10.8. The van der Waals surface area contributed by atoms with Gasteiger partial charge in [0.15, 0.2) is 5.82 Å². The van der Waals surface area contributed by atoms with Gasteiger partial charge < -0.3 is 9.64 Å². The summed E-state index contributed by atoms with van der Waals surface area (Å²) in [6.45, 7) is 1.24. The van der Waals surface area contributed by atoms with Crippen molar-refractivity contribution in [2.45, 2.75) is 6.54 Å². The summed E-state index contributed by atoms with van der Waals surface area (Å²) in [6, 6.07) is 8.96. The van der Waals surface area contributed by atoms with Crippen LogP contribution in [0.3, 0.4) is 0 Å². The monoisotopic (exact) mass is 272 g/mol. The summed E-state index contributed by atoms with van der Waals surface area (Å²) in [5.41, 5.74) is 0.965. The fourth-order valence-corrected chi connectivity index (χ4v) is 2.22. The second-order valence-electron chi connectivity index (χ2n) is 4.54. The van der Waals surface area contributed by atoms with Crippen LogP contribution in [-0.4, -0.2) is 28.9 Å². The molecule has 0 bridgehead atoms. The maximum atomic E-state index is 13.7. The molecule has 1 aliphatic heterocycles. The SMILES string of the molecule is O=C(c1ccncc1F)N1CCOc2ccccc2C1. The summed E-state index contributed by atoms with van der Waals surface area (Å²) in [4.78, 5) is 17.6. The molecule has 1 aliphatic rings. The molecular weight excluding hydrogens is 259 g/mol. The molecule has 0 atom stereocenters. The van der Waals surface area contributed by atoms with E-state index in [0.717, 1.165) is 17.5 Å². The minimum Gasteiger partial charge on any atom is -0.491 e. The molecule has 0 saturated heterocycles. The van der Waals surface area contributed by atoms with Crippen LogP contribution in [0.25, 0.3) is 0 Å². The van der Waals surface area contributed by atoms with Crippen LogP contribution in [0.4, 0.5) is 4.39 Å². The molecular formula is C15H13FN2O2. The van der Waals surface area contributed by atoms with Gasteiger partial charge in [-0.05, 0) is 12.1 Å². The largest absolute Gasteiger partial charge is 0.491 e. The molecule has 0 fully saturated rings. The van der Waals surface area contributed by atoms with Crippen molar-refractivity contribution in [3.05, 3.63) is 59.7 Å². The topological polar surface area (TPSA) is 42.4 Å². The van der Waals surface area contributed by atoms with E-state index in [2.05, 4.69) is 4.98 Å². The van der Waals surface area contributed by atoms with Crippen LogP contribution in [0.5, 0.6) is 5.75 Å². The number of pyridine rings is 1. The van der Waals surface area contributed by atoms with Crippen LogP contribution < -0.4 is 4.74 Å². The Morgan fingerprint density at radius 1 is 1.30 bits per heavy atom. The van der Waals surface area contributed by atoms with E-state index in [-0.39, 0.29) is 11.5 Å². The number of ether oxygens (including phenoxy) is 1.